The average Bonchev–Trinajstić information content (AvgIpc) is 2.87. The van der Waals surface area contributed by atoms with Gasteiger partial charge in [0.2, 0.25) is 0 Å². The van der Waals surface area contributed by atoms with Gasteiger partial charge >= 0.3 is 0 Å². The van der Waals surface area contributed by atoms with Crippen LogP contribution < -0.4 is 16.1 Å². The maximum absolute atomic E-state index is 11.8. The van der Waals surface area contributed by atoms with Crippen LogP contribution in [-0.4, -0.2) is 26.6 Å². The van der Waals surface area contributed by atoms with E-state index in [1.165, 1.54) is 12.5 Å². The van der Waals surface area contributed by atoms with E-state index in [2.05, 4.69) is 10.1 Å². The molecule has 0 radical (unpaired) electrons. The van der Waals surface area contributed by atoms with Crippen LogP contribution in [0.1, 0.15) is 0 Å². The van der Waals surface area contributed by atoms with Gasteiger partial charge in [-0.1, -0.05) is 0 Å². The third kappa shape index (κ3) is 1.71. The molecule has 3 rings (SSSR count). The van der Waals surface area contributed by atoms with Gasteiger partial charge in [0, 0.05) is 0 Å². The number of hydrogen-bond acceptors (Lipinski definition) is 5. The summed E-state index contributed by atoms with van der Waals surface area (Å²) in [6.45, 7) is 0. The summed E-state index contributed by atoms with van der Waals surface area (Å²) in [5.74, 6) is 6.21. The fourth-order valence-corrected chi connectivity index (χ4v) is 1.84. The van der Waals surface area contributed by atoms with E-state index in [0.717, 1.165) is 16.1 Å². The minimum atomic E-state index is -0.329. The van der Waals surface area contributed by atoms with Crippen LogP contribution in [-0.2, 0) is 0 Å². The normalized spacial score (nSPS) is 10.8. The summed E-state index contributed by atoms with van der Waals surface area (Å²) in [6, 6.07) is 7.29. The van der Waals surface area contributed by atoms with Gasteiger partial charge in [0.15, 0.2) is 5.65 Å². The zero-order valence-electron chi connectivity index (χ0n) is 10.1. The molecule has 2 heterocycles. The van der Waals surface area contributed by atoms with Crippen molar-refractivity contribution in [3.05, 3.63) is 47.1 Å². The quantitative estimate of drug-likeness (QED) is 0.667. The predicted molar refractivity (Wildman–Crippen MR) is 69.8 cm³/mol. The molecule has 0 bridgehead atoms. The highest BCUT2D eigenvalue weighted by Gasteiger charge is 2.10. The molecule has 0 atom stereocenters. The van der Waals surface area contributed by atoms with Crippen LogP contribution in [0, 0.1) is 0 Å². The van der Waals surface area contributed by atoms with Gasteiger partial charge in [-0.2, -0.15) is 5.10 Å². The smallest absolute Gasteiger partial charge is 0.282 e. The maximum atomic E-state index is 11.8. The molecule has 96 valence electrons. The zero-order valence-corrected chi connectivity index (χ0v) is 10.1. The second kappa shape index (κ2) is 4.13. The van der Waals surface area contributed by atoms with Gasteiger partial charge < -0.3 is 10.6 Å². The number of benzene rings is 1. The van der Waals surface area contributed by atoms with E-state index in [4.69, 9.17) is 10.6 Å². The van der Waals surface area contributed by atoms with Crippen LogP contribution >= 0.6 is 0 Å². The summed E-state index contributed by atoms with van der Waals surface area (Å²) in [6.07, 6.45) is 2.73. The van der Waals surface area contributed by atoms with Crippen molar-refractivity contribution < 1.29 is 4.74 Å². The minimum Gasteiger partial charge on any atom is -0.497 e. The van der Waals surface area contributed by atoms with Gasteiger partial charge in [-0.25, -0.2) is 14.3 Å². The van der Waals surface area contributed by atoms with Crippen molar-refractivity contribution in [1.29, 1.82) is 0 Å². The molecule has 7 heteroatoms. The standard InChI is InChI=1S/C12H11N5O2/c1-19-9-4-2-8(3-5-9)17-11-10(6-15-17)12(18)16(13)7-14-11/h2-7H,13H2,1H3. The molecule has 0 saturated carbocycles. The third-order valence-corrected chi connectivity index (χ3v) is 2.83. The molecule has 0 amide bonds. The molecule has 0 aliphatic carbocycles. The number of nitrogens with two attached hydrogens (primary N) is 1. The average molecular weight is 257 g/mol. The first-order valence-electron chi connectivity index (χ1n) is 5.55. The van der Waals surface area contributed by atoms with Gasteiger partial charge in [-0.15, -0.1) is 0 Å². The second-order valence-corrected chi connectivity index (χ2v) is 3.95. The first-order chi connectivity index (χ1) is 9.20. The lowest BCUT2D eigenvalue weighted by Crippen LogP contribution is -2.26. The Labute approximate surface area is 107 Å². The fourth-order valence-electron chi connectivity index (χ4n) is 1.84. The van der Waals surface area contributed by atoms with Crippen LogP contribution in [0.5, 0.6) is 5.75 Å². The van der Waals surface area contributed by atoms with Gasteiger partial charge in [0.1, 0.15) is 17.5 Å². The van der Waals surface area contributed by atoms with Gasteiger partial charge in [0.05, 0.1) is 19.0 Å². The zero-order chi connectivity index (χ0) is 13.4. The summed E-state index contributed by atoms with van der Waals surface area (Å²) >= 11 is 0. The summed E-state index contributed by atoms with van der Waals surface area (Å²) in [5, 5.41) is 4.54. The number of methoxy groups -OCH3 is 1. The van der Waals surface area contributed by atoms with Gasteiger partial charge in [0.25, 0.3) is 5.56 Å². The number of aromatic nitrogens is 4. The van der Waals surface area contributed by atoms with E-state index in [1.807, 2.05) is 24.3 Å². The lowest BCUT2D eigenvalue weighted by molar-refractivity contribution is 0.414. The van der Waals surface area contributed by atoms with E-state index in [-0.39, 0.29) is 5.56 Å². The van der Waals surface area contributed by atoms with Crippen molar-refractivity contribution in [2.75, 3.05) is 13.0 Å². The molecule has 0 aliphatic rings. The molecule has 0 saturated heterocycles. The van der Waals surface area contributed by atoms with Gasteiger partial charge in [-0.05, 0) is 24.3 Å². The van der Waals surface area contributed by atoms with Crippen LogP contribution in [0.3, 0.4) is 0 Å². The molecule has 19 heavy (non-hydrogen) atoms. The molecular weight excluding hydrogens is 246 g/mol. The van der Waals surface area contributed by atoms with E-state index < -0.39 is 0 Å². The number of rotatable bonds is 2. The topological polar surface area (TPSA) is 88.0 Å². The van der Waals surface area contributed by atoms with Crippen molar-refractivity contribution in [3.63, 3.8) is 0 Å². The first kappa shape index (κ1) is 11.3. The van der Waals surface area contributed by atoms with E-state index in [1.54, 1.807) is 11.8 Å². The second-order valence-electron chi connectivity index (χ2n) is 3.95. The Bertz CT molecular complexity index is 788. The van der Waals surface area contributed by atoms with E-state index >= 15 is 0 Å². The van der Waals surface area contributed by atoms with E-state index in [9.17, 15) is 4.79 Å². The Kier molecular flexibility index (Phi) is 2.45. The molecule has 0 aliphatic heterocycles. The molecule has 0 unspecified atom stereocenters. The van der Waals surface area contributed by atoms with Crippen LogP contribution in [0.4, 0.5) is 0 Å². The van der Waals surface area contributed by atoms with Crippen LogP contribution in [0.2, 0.25) is 0 Å². The highest BCUT2D eigenvalue weighted by Crippen LogP contribution is 2.17. The fraction of sp³-hybridized carbons (Fsp3) is 0.0833. The maximum Gasteiger partial charge on any atom is 0.282 e. The van der Waals surface area contributed by atoms with Crippen molar-refractivity contribution in [2.45, 2.75) is 0 Å². The number of fused-ring (bicyclic) bond motifs is 1. The molecule has 0 spiro atoms. The van der Waals surface area contributed by atoms with Crippen molar-refractivity contribution in [3.8, 4) is 11.4 Å². The minimum absolute atomic E-state index is 0.329. The molecule has 3 aromatic rings. The molecule has 1 aromatic carbocycles. The Morgan fingerprint density at radius 1 is 1.26 bits per heavy atom. The predicted octanol–water partition coefficient (Wildman–Crippen LogP) is 0.305. The highest BCUT2D eigenvalue weighted by molar-refractivity contribution is 5.74. The van der Waals surface area contributed by atoms with Crippen molar-refractivity contribution >= 4 is 11.0 Å². The van der Waals surface area contributed by atoms with Crippen LogP contribution in [0.15, 0.2) is 41.6 Å². The number of ether oxygens (including phenoxy) is 1. The van der Waals surface area contributed by atoms with Crippen molar-refractivity contribution in [1.82, 2.24) is 19.4 Å². The molecule has 7 nitrogen and oxygen atoms in total. The third-order valence-electron chi connectivity index (χ3n) is 2.83. The largest absolute Gasteiger partial charge is 0.497 e. The summed E-state index contributed by atoms with van der Waals surface area (Å²) in [4.78, 5) is 15.9. The molecule has 0 fully saturated rings. The SMILES string of the molecule is COc1ccc(-n2ncc3c(=O)n(N)cnc32)cc1. The summed E-state index contributed by atoms with van der Waals surface area (Å²) < 4.78 is 7.61. The Morgan fingerprint density at radius 3 is 2.68 bits per heavy atom. The lowest BCUT2D eigenvalue weighted by atomic mass is 10.3. The molecule has 2 N–H and O–H groups in total. The number of nitrogen functional groups attached to an aromatic ring is 1. The summed E-state index contributed by atoms with van der Waals surface area (Å²) in [5.41, 5.74) is 0.930. The molecule has 2 aromatic heterocycles. The summed E-state index contributed by atoms with van der Waals surface area (Å²) in [7, 11) is 1.60. The number of nitrogens with zero attached hydrogens (tertiary/aromatic N) is 4. The van der Waals surface area contributed by atoms with Crippen LogP contribution in [0.25, 0.3) is 16.7 Å². The lowest BCUT2D eigenvalue weighted by Gasteiger charge is -2.04. The van der Waals surface area contributed by atoms with Crippen molar-refractivity contribution in [2.24, 2.45) is 0 Å². The Morgan fingerprint density at radius 2 is 2.00 bits per heavy atom. The highest BCUT2D eigenvalue weighted by atomic mass is 16.5. The van der Waals surface area contributed by atoms with E-state index in [0.29, 0.717) is 11.0 Å². The number of hydrogen-bond donors (Lipinski definition) is 1. The van der Waals surface area contributed by atoms with Gasteiger partial charge in [-0.3, -0.25) is 4.79 Å². The Hall–Kier alpha value is -2.83. The monoisotopic (exact) mass is 257 g/mol. The Balaban J connectivity index is 2.20. The molecular formula is C12H11N5O2. The first-order valence-corrected chi connectivity index (χ1v) is 5.55.